The van der Waals surface area contributed by atoms with Crippen LogP contribution in [0.4, 0.5) is 15.3 Å². The molecule has 0 fully saturated rings. The molecule has 20 heteroatoms. The van der Waals surface area contributed by atoms with Crippen LogP contribution in [0.3, 0.4) is 0 Å². The Balaban J connectivity index is 1.72. The number of ether oxygens (including phenoxy) is 6. The van der Waals surface area contributed by atoms with Crippen LogP contribution in [0.1, 0.15) is 64.9 Å². The number of nitrogens with one attached hydrogen (secondary N) is 5. The van der Waals surface area contributed by atoms with E-state index in [1.54, 1.807) is 38.1 Å². The van der Waals surface area contributed by atoms with Crippen LogP contribution in [0.2, 0.25) is 0 Å². The lowest BCUT2D eigenvalue weighted by Gasteiger charge is -2.25. The molecule has 1 aromatic carbocycles. The highest BCUT2D eigenvalue weighted by atomic mass is 16.6. The summed E-state index contributed by atoms with van der Waals surface area (Å²) in [6.45, 7) is 10.7. The Morgan fingerprint density at radius 3 is 1.85 bits per heavy atom. The van der Waals surface area contributed by atoms with Crippen molar-refractivity contribution >= 4 is 47.3 Å². The monoisotopic (exact) mass is 863 g/mol. The quantitative estimate of drug-likeness (QED) is 0.0425. The van der Waals surface area contributed by atoms with E-state index in [1.165, 1.54) is 12.2 Å². The predicted octanol–water partition coefficient (Wildman–Crippen LogP) is 1.51. The highest BCUT2D eigenvalue weighted by Crippen LogP contribution is 2.13. The van der Waals surface area contributed by atoms with Gasteiger partial charge in [0.25, 0.3) is 11.8 Å². The summed E-state index contributed by atoms with van der Waals surface area (Å²) < 4.78 is 32.1. The summed E-state index contributed by atoms with van der Waals surface area (Å²) in [7, 11) is 0. The Morgan fingerprint density at radius 2 is 1.28 bits per heavy atom. The third-order valence-corrected chi connectivity index (χ3v) is 8.85. The first-order valence-corrected chi connectivity index (χ1v) is 20.8. The molecule has 0 bridgehead atoms. The summed E-state index contributed by atoms with van der Waals surface area (Å²) >= 11 is 0. The Morgan fingerprint density at radius 1 is 0.689 bits per heavy atom. The summed E-state index contributed by atoms with van der Waals surface area (Å²) in [5, 5.41) is 13.3. The number of amides is 8. The van der Waals surface area contributed by atoms with Gasteiger partial charge in [-0.05, 0) is 56.2 Å². The van der Waals surface area contributed by atoms with Crippen LogP contribution >= 0.6 is 0 Å². The Kier molecular flexibility index (Phi) is 27.0. The maximum absolute atomic E-state index is 13.5. The molecule has 2 atom stereocenters. The second kappa shape index (κ2) is 31.7. The lowest BCUT2D eigenvalue weighted by atomic mass is 10.0. The van der Waals surface area contributed by atoms with Gasteiger partial charge < -0.3 is 60.7 Å². The van der Waals surface area contributed by atoms with E-state index in [0.29, 0.717) is 96.4 Å². The molecule has 1 aliphatic rings. The normalized spacial score (nSPS) is 13.2. The fourth-order valence-electron chi connectivity index (χ4n) is 5.58. The van der Waals surface area contributed by atoms with E-state index in [4.69, 9.17) is 34.2 Å². The van der Waals surface area contributed by atoms with Crippen LogP contribution in [-0.4, -0.2) is 144 Å². The number of nitrogens with zero attached hydrogens (tertiary/aromatic N) is 1. The number of primary amides is 1. The van der Waals surface area contributed by atoms with Gasteiger partial charge in [-0.3, -0.25) is 28.9 Å². The zero-order valence-electron chi connectivity index (χ0n) is 35.7. The van der Waals surface area contributed by atoms with Crippen LogP contribution in [0.15, 0.2) is 36.4 Å². The molecule has 0 saturated heterocycles. The van der Waals surface area contributed by atoms with Gasteiger partial charge in [0.15, 0.2) is 0 Å². The van der Waals surface area contributed by atoms with Crippen molar-refractivity contribution in [1.82, 2.24) is 26.2 Å². The lowest BCUT2D eigenvalue weighted by molar-refractivity contribution is -0.137. The van der Waals surface area contributed by atoms with Crippen molar-refractivity contribution in [2.24, 2.45) is 11.7 Å². The first kappa shape index (κ1) is 52.0. The predicted molar refractivity (Wildman–Crippen MR) is 223 cm³/mol. The number of hydrogen-bond acceptors (Lipinski definition) is 13. The minimum atomic E-state index is -1.03. The average Bonchev–Trinajstić information content (AvgIpc) is 3.55. The van der Waals surface area contributed by atoms with Gasteiger partial charge in [0.2, 0.25) is 17.7 Å². The maximum Gasteiger partial charge on any atom is 0.407 e. The number of carbonyl (C=O) groups excluding carboxylic acids is 7. The number of carbonyl (C=O) groups is 7. The Labute approximate surface area is 357 Å². The Hall–Kier alpha value is -5.15. The molecule has 0 spiro atoms. The number of urea groups is 1. The molecule has 0 radical (unpaired) electrons. The fraction of sp³-hybridized carbons (Fsp3) is 0.634. The first-order chi connectivity index (χ1) is 29.4. The molecule has 1 heterocycles. The molecule has 1 aromatic rings. The maximum atomic E-state index is 13.5. The first-order valence-electron chi connectivity index (χ1n) is 20.8. The lowest BCUT2D eigenvalue weighted by Crippen LogP contribution is -2.54. The summed E-state index contributed by atoms with van der Waals surface area (Å²) in [5.41, 5.74) is 6.25. The van der Waals surface area contributed by atoms with Gasteiger partial charge in [-0.2, -0.15) is 0 Å². The third-order valence-electron chi connectivity index (χ3n) is 8.85. The van der Waals surface area contributed by atoms with Crippen LogP contribution in [0.25, 0.3) is 0 Å². The molecule has 8 amide bonds. The highest BCUT2D eigenvalue weighted by molar-refractivity contribution is 6.12. The van der Waals surface area contributed by atoms with E-state index in [9.17, 15) is 33.6 Å². The number of imide groups is 1. The van der Waals surface area contributed by atoms with Crippen molar-refractivity contribution in [3.8, 4) is 0 Å². The molecule has 20 nitrogen and oxygen atoms in total. The van der Waals surface area contributed by atoms with Crippen molar-refractivity contribution < 1.29 is 62.0 Å². The number of anilines is 1. The van der Waals surface area contributed by atoms with Crippen molar-refractivity contribution in [2.45, 2.75) is 78.0 Å². The Bertz CT molecular complexity index is 1510. The van der Waals surface area contributed by atoms with Crippen LogP contribution < -0.4 is 32.3 Å². The number of unbranched alkanes of at least 4 members (excludes halogenated alkanes) is 2. The molecule has 1 aliphatic heterocycles. The number of alkyl carbamates (subject to hydrolysis) is 1. The van der Waals surface area contributed by atoms with E-state index in [2.05, 4.69) is 26.6 Å². The van der Waals surface area contributed by atoms with Gasteiger partial charge in [-0.15, -0.1) is 0 Å². The molecule has 0 unspecified atom stereocenters. The standard InChI is InChI=1S/C41H65N7O13/c1-4-56-21-22-58-25-26-60-28-27-59-24-23-57-20-18-44-41(55)61-29-31-11-13-32(14-12-31)45-38(52)33(9-8-17-43-40(42)54)46-39(53)37(30(2)3)47-34(49)10-6-5-7-19-48-35(50)15-16-36(48)51/h11-16,30,33,37H,4-10,17-29H2,1-3H3,(H,44,55)(H,45,52)(H,46,53)(H,47,49)(H3,42,43,54)/t33-,37-/m0/s1. The molecule has 61 heavy (non-hydrogen) atoms. The third kappa shape index (κ3) is 24.0. The molecule has 0 saturated carbocycles. The second-order valence-electron chi connectivity index (χ2n) is 14.1. The molecule has 2 rings (SSSR count). The van der Waals surface area contributed by atoms with Crippen LogP contribution in [0, 0.1) is 5.92 Å². The number of rotatable bonds is 34. The SMILES string of the molecule is CCOCCOCCOCCOCCOCCNC(=O)OCc1ccc(NC(=O)[C@H](CCCNC(N)=O)NC(=O)[C@@H](NC(=O)CCCCCN2C(=O)C=CC2=O)C(C)C)cc1. The summed E-state index contributed by atoms with van der Waals surface area (Å²) in [5.74, 6) is -2.45. The van der Waals surface area contributed by atoms with E-state index in [0.717, 1.165) is 4.90 Å². The van der Waals surface area contributed by atoms with Crippen molar-refractivity contribution in [2.75, 3.05) is 91.0 Å². The van der Waals surface area contributed by atoms with Gasteiger partial charge in [0.05, 0.1) is 59.5 Å². The fourth-order valence-corrected chi connectivity index (χ4v) is 5.58. The average molecular weight is 864 g/mol. The van der Waals surface area contributed by atoms with Crippen LogP contribution in [0.5, 0.6) is 0 Å². The summed E-state index contributed by atoms with van der Waals surface area (Å²) in [6, 6.07) is 3.91. The second-order valence-corrected chi connectivity index (χ2v) is 14.1. The van der Waals surface area contributed by atoms with Gasteiger partial charge >= 0.3 is 12.1 Å². The smallest absolute Gasteiger partial charge is 0.407 e. The minimum absolute atomic E-state index is 0.0254. The summed E-state index contributed by atoms with van der Waals surface area (Å²) in [4.78, 5) is 87.6. The highest BCUT2D eigenvalue weighted by Gasteiger charge is 2.29. The van der Waals surface area contributed by atoms with Gasteiger partial charge in [-0.25, -0.2) is 9.59 Å². The van der Waals surface area contributed by atoms with Gasteiger partial charge in [0.1, 0.15) is 18.7 Å². The molecule has 0 aromatic heterocycles. The van der Waals surface area contributed by atoms with E-state index >= 15 is 0 Å². The molecule has 7 N–H and O–H groups in total. The largest absolute Gasteiger partial charge is 0.445 e. The van der Waals surface area contributed by atoms with Gasteiger partial charge in [0, 0.05) is 50.5 Å². The van der Waals surface area contributed by atoms with E-state index in [-0.39, 0.29) is 69.3 Å². The topological polar surface area (TPSA) is 264 Å². The number of hydrogen-bond donors (Lipinski definition) is 6. The van der Waals surface area contributed by atoms with Crippen molar-refractivity contribution in [1.29, 1.82) is 0 Å². The molecule has 342 valence electrons. The van der Waals surface area contributed by atoms with E-state index < -0.39 is 36.0 Å². The van der Waals surface area contributed by atoms with Gasteiger partial charge in [-0.1, -0.05) is 32.4 Å². The molecular weight excluding hydrogens is 798 g/mol. The molecular formula is C41H65N7O13. The zero-order chi connectivity index (χ0) is 44.7. The minimum Gasteiger partial charge on any atom is -0.445 e. The summed E-state index contributed by atoms with van der Waals surface area (Å²) in [6.07, 6.45) is 4.03. The number of nitrogens with two attached hydrogens (primary N) is 1. The van der Waals surface area contributed by atoms with E-state index in [1.807, 2.05) is 6.92 Å². The number of benzene rings is 1. The van der Waals surface area contributed by atoms with Crippen LogP contribution in [-0.2, 0) is 59.0 Å². The molecule has 0 aliphatic carbocycles. The van der Waals surface area contributed by atoms with Crippen molar-refractivity contribution in [3.63, 3.8) is 0 Å². The zero-order valence-corrected chi connectivity index (χ0v) is 35.7. The van der Waals surface area contributed by atoms with Crippen molar-refractivity contribution in [3.05, 3.63) is 42.0 Å².